The molecule has 3 rings (SSSR count). The number of esters is 2. The summed E-state index contributed by atoms with van der Waals surface area (Å²) < 4.78 is 48.3. The van der Waals surface area contributed by atoms with Gasteiger partial charge in [0.1, 0.15) is 5.75 Å². The Morgan fingerprint density at radius 2 is 1.49 bits per heavy atom. The van der Waals surface area contributed by atoms with Crippen LogP contribution in [0.5, 0.6) is 5.75 Å². The van der Waals surface area contributed by atoms with Gasteiger partial charge in [0.2, 0.25) is 0 Å². The fourth-order valence-electron chi connectivity index (χ4n) is 3.53. The third-order valence-corrected chi connectivity index (χ3v) is 5.58. The summed E-state index contributed by atoms with van der Waals surface area (Å²) in [5.41, 5.74) is 12.8. The monoisotopic (exact) mass is 542 g/mol. The van der Waals surface area contributed by atoms with Crippen molar-refractivity contribution >= 4 is 35.4 Å². The van der Waals surface area contributed by atoms with E-state index in [2.05, 4.69) is 0 Å². The van der Waals surface area contributed by atoms with E-state index in [0.29, 0.717) is 41.8 Å². The van der Waals surface area contributed by atoms with Gasteiger partial charge in [-0.25, -0.2) is 14.4 Å². The van der Waals surface area contributed by atoms with Crippen molar-refractivity contribution in [2.45, 2.75) is 25.4 Å². The number of nitrogen functional groups attached to an aromatic ring is 2. The number of carbonyl (C=O) groups excluding carboxylic acids is 2. The zero-order valence-electron chi connectivity index (χ0n) is 20.5. The molecule has 11 heteroatoms. The van der Waals surface area contributed by atoms with Crippen LogP contribution in [0.3, 0.4) is 0 Å². The Hall–Kier alpha value is -4.80. The second-order valence-electron chi connectivity index (χ2n) is 8.43. The van der Waals surface area contributed by atoms with Gasteiger partial charge in [0, 0.05) is 17.5 Å². The predicted molar refractivity (Wildman–Crippen MR) is 138 cm³/mol. The smallest absolute Gasteiger partial charge is 0.416 e. The van der Waals surface area contributed by atoms with Crippen molar-refractivity contribution < 1.29 is 42.1 Å². The Bertz CT molecular complexity index is 1340. The van der Waals surface area contributed by atoms with Crippen LogP contribution in [0.25, 0.3) is 6.08 Å². The average molecular weight is 543 g/mol. The van der Waals surface area contributed by atoms with Crippen LogP contribution in [0.2, 0.25) is 0 Å². The Morgan fingerprint density at radius 3 is 2.05 bits per heavy atom. The van der Waals surface area contributed by atoms with Gasteiger partial charge in [0.05, 0.1) is 23.3 Å². The summed E-state index contributed by atoms with van der Waals surface area (Å²) in [7, 11) is 0. The van der Waals surface area contributed by atoms with Crippen molar-refractivity contribution in [2.75, 3.05) is 18.1 Å². The molecule has 0 radical (unpaired) electrons. The maximum atomic E-state index is 12.7. The molecule has 0 unspecified atom stereocenters. The topological polar surface area (TPSA) is 142 Å². The van der Waals surface area contributed by atoms with Crippen molar-refractivity contribution in [3.8, 4) is 5.75 Å². The Labute approximate surface area is 221 Å². The lowest BCUT2D eigenvalue weighted by molar-refractivity contribution is -0.138. The maximum absolute atomic E-state index is 12.7. The fourth-order valence-corrected chi connectivity index (χ4v) is 3.53. The standard InChI is InChI=1S/C28H25F3N2O6/c29-28(30,31)20-9-7-18(8-10-20)27(37)39-21-11-4-17(5-12-21)6-13-25(34)38-14-2-1-3-22-23(32)15-19(26(35)36)16-24(22)33/h4-13,15-16H,1-3,14,32-33H2,(H,35,36). The van der Waals surface area contributed by atoms with Crippen molar-refractivity contribution in [2.24, 2.45) is 0 Å². The molecule has 0 atom stereocenters. The first-order chi connectivity index (χ1) is 18.4. The van der Waals surface area contributed by atoms with Crippen LogP contribution >= 0.6 is 0 Å². The average Bonchev–Trinajstić information content (AvgIpc) is 2.88. The zero-order chi connectivity index (χ0) is 28.6. The third-order valence-electron chi connectivity index (χ3n) is 5.58. The molecule has 0 spiro atoms. The summed E-state index contributed by atoms with van der Waals surface area (Å²) in [5, 5.41) is 9.04. The summed E-state index contributed by atoms with van der Waals surface area (Å²) in [6.07, 6.45) is -0.0933. The second kappa shape index (κ2) is 12.6. The number of carboxylic acids is 1. The summed E-state index contributed by atoms with van der Waals surface area (Å²) in [6, 6.07) is 12.5. The molecule has 0 heterocycles. The Morgan fingerprint density at radius 1 is 0.872 bits per heavy atom. The molecular weight excluding hydrogens is 517 g/mol. The van der Waals surface area contributed by atoms with Gasteiger partial charge in [-0.15, -0.1) is 0 Å². The zero-order valence-corrected chi connectivity index (χ0v) is 20.5. The molecule has 0 saturated carbocycles. The van der Waals surface area contributed by atoms with Crippen molar-refractivity contribution in [1.82, 2.24) is 0 Å². The molecule has 0 aliphatic carbocycles. The predicted octanol–water partition coefficient (Wildman–Crippen LogP) is 5.37. The van der Waals surface area contributed by atoms with E-state index in [9.17, 15) is 27.6 Å². The first-order valence-corrected chi connectivity index (χ1v) is 11.7. The number of halogens is 3. The minimum atomic E-state index is -4.50. The quantitative estimate of drug-likeness (QED) is 0.102. The van der Waals surface area contributed by atoms with Crippen molar-refractivity contribution in [3.05, 3.63) is 94.6 Å². The second-order valence-corrected chi connectivity index (χ2v) is 8.43. The lowest BCUT2D eigenvalue weighted by atomic mass is 10.0. The number of anilines is 2. The molecule has 0 aliphatic heterocycles. The normalized spacial score (nSPS) is 11.4. The lowest BCUT2D eigenvalue weighted by Gasteiger charge is -2.10. The number of rotatable bonds is 10. The molecule has 0 bridgehead atoms. The number of aromatic carboxylic acids is 1. The van der Waals surface area contributed by atoms with Gasteiger partial charge < -0.3 is 26.0 Å². The van der Waals surface area contributed by atoms with Crippen LogP contribution < -0.4 is 16.2 Å². The molecule has 5 N–H and O–H groups in total. The number of ether oxygens (including phenoxy) is 2. The molecule has 3 aromatic rings. The number of alkyl halides is 3. The Balaban J connectivity index is 1.42. The lowest BCUT2D eigenvalue weighted by Crippen LogP contribution is -2.10. The number of carbonyl (C=O) groups is 3. The van der Waals surface area contributed by atoms with Gasteiger partial charge in [0.15, 0.2) is 0 Å². The number of hydrogen-bond donors (Lipinski definition) is 3. The number of benzene rings is 3. The fraction of sp³-hybridized carbons (Fsp3) is 0.179. The van der Waals surface area contributed by atoms with Gasteiger partial charge in [-0.1, -0.05) is 12.1 Å². The summed E-state index contributed by atoms with van der Waals surface area (Å²) in [4.78, 5) is 35.2. The molecule has 204 valence electrons. The number of hydrogen-bond acceptors (Lipinski definition) is 7. The first kappa shape index (κ1) is 28.8. The van der Waals surface area contributed by atoms with Crippen molar-refractivity contribution in [3.63, 3.8) is 0 Å². The van der Waals surface area contributed by atoms with Gasteiger partial charge in [0.25, 0.3) is 0 Å². The summed E-state index contributed by atoms with van der Waals surface area (Å²) in [6.45, 7) is 0.162. The van der Waals surface area contributed by atoms with Crippen LogP contribution in [-0.4, -0.2) is 29.6 Å². The van der Waals surface area contributed by atoms with Crippen LogP contribution in [0.4, 0.5) is 24.5 Å². The molecular formula is C28H25F3N2O6. The van der Waals surface area contributed by atoms with Crippen LogP contribution in [0.1, 0.15) is 50.2 Å². The van der Waals surface area contributed by atoms with E-state index < -0.39 is 29.6 Å². The maximum Gasteiger partial charge on any atom is 0.416 e. The highest BCUT2D eigenvalue weighted by atomic mass is 19.4. The SMILES string of the molecule is Nc1cc(C(=O)O)cc(N)c1CCCCOC(=O)C=Cc1ccc(OC(=O)c2ccc(C(F)(F)F)cc2)cc1. The van der Waals surface area contributed by atoms with Gasteiger partial charge in [-0.2, -0.15) is 13.2 Å². The molecule has 0 aliphatic rings. The van der Waals surface area contributed by atoms with E-state index >= 15 is 0 Å². The highest BCUT2D eigenvalue weighted by Crippen LogP contribution is 2.29. The molecule has 39 heavy (non-hydrogen) atoms. The van der Waals surface area contributed by atoms with E-state index in [1.165, 1.54) is 36.4 Å². The van der Waals surface area contributed by atoms with Crippen LogP contribution in [-0.2, 0) is 22.1 Å². The van der Waals surface area contributed by atoms with Crippen LogP contribution in [0.15, 0.2) is 66.7 Å². The van der Waals surface area contributed by atoms with Crippen LogP contribution in [0, 0.1) is 0 Å². The molecule has 8 nitrogen and oxygen atoms in total. The summed E-state index contributed by atoms with van der Waals surface area (Å²) >= 11 is 0. The van der Waals surface area contributed by atoms with Crippen molar-refractivity contribution in [1.29, 1.82) is 0 Å². The molecule has 0 amide bonds. The molecule has 3 aromatic carbocycles. The minimum Gasteiger partial charge on any atom is -0.478 e. The molecule has 0 fully saturated rings. The Kier molecular flexibility index (Phi) is 9.32. The number of unbranched alkanes of at least 4 members (excludes halogenated alkanes) is 1. The number of nitrogens with two attached hydrogens (primary N) is 2. The van der Waals surface area contributed by atoms with E-state index in [1.54, 1.807) is 12.1 Å². The summed E-state index contributed by atoms with van der Waals surface area (Å²) in [5.74, 6) is -2.30. The minimum absolute atomic E-state index is 0.0169. The van der Waals surface area contributed by atoms with Gasteiger partial charge in [-0.3, -0.25) is 0 Å². The van der Waals surface area contributed by atoms with E-state index in [4.69, 9.17) is 26.0 Å². The molecule has 0 aromatic heterocycles. The third kappa shape index (κ3) is 8.35. The van der Waals surface area contributed by atoms with Gasteiger partial charge >= 0.3 is 24.1 Å². The molecule has 0 saturated heterocycles. The first-order valence-electron chi connectivity index (χ1n) is 11.7. The number of carboxylic acid groups (broad SMARTS) is 1. The van der Waals surface area contributed by atoms with E-state index in [-0.39, 0.29) is 23.5 Å². The highest BCUT2D eigenvalue weighted by molar-refractivity contribution is 5.91. The van der Waals surface area contributed by atoms with E-state index in [0.717, 1.165) is 24.3 Å². The van der Waals surface area contributed by atoms with E-state index in [1.807, 2.05) is 0 Å². The largest absolute Gasteiger partial charge is 0.478 e. The highest BCUT2D eigenvalue weighted by Gasteiger charge is 2.30. The van der Waals surface area contributed by atoms with Gasteiger partial charge in [-0.05, 0) is 85.0 Å².